The zero-order chi connectivity index (χ0) is 15.2. The molecular weight excluding hydrogens is 264 g/mol. The molecule has 0 heterocycles. The molecule has 0 spiro atoms. The lowest BCUT2D eigenvalue weighted by molar-refractivity contribution is -0.120. The highest BCUT2D eigenvalue weighted by molar-refractivity contribution is 6.00. The second kappa shape index (κ2) is 7.36. The fourth-order valence-electron chi connectivity index (χ4n) is 3.27. The van der Waals surface area contributed by atoms with E-state index in [1.54, 1.807) is 0 Å². The fraction of sp³-hybridized carbons (Fsp3) is 0.529. The molecule has 2 rings (SSSR count). The van der Waals surface area contributed by atoms with Crippen LogP contribution >= 0.6 is 0 Å². The summed E-state index contributed by atoms with van der Waals surface area (Å²) in [4.78, 5) is 26.2. The van der Waals surface area contributed by atoms with Crippen LogP contribution in [0.5, 0.6) is 0 Å². The predicted molar refractivity (Wildman–Crippen MR) is 83.0 cm³/mol. The van der Waals surface area contributed by atoms with E-state index in [0.717, 1.165) is 25.7 Å². The highest BCUT2D eigenvalue weighted by atomic mass is 16.1. The van der Waals surface area contributed by atoms with Crippen LogP contribution in [-0.4, -0.2) is 35.2 Å². The van der Waals surface area contributed by atoms with Gasteiger partial charge < -0.3 is 5.73 Å². The van der Waals surface area contributed by atoms with Gasteiger partial charge in [-0.2, -0.15) is 0 Å². The summed E-state index contributed by atoms with van der Waals surface area (Å²) in [6.07, 6.45) is 5.11. The minimum atomic E-state index is -0.360. The van der Waals surface area contributed by atoms with Crippen molar-refractivity contribution < 1.29 is 9.59 Å². The van der Waals surface area contributed by atoms with Gasteiger partial charge in [0.05, 0.1) is 12.6 Å². The number of nitrogens with two attached hydrogens (primary N) is 1. The molecule has 1 atom stereocenters. The van der Waals surface area contributed by atoms with Gasteiger partial charge >= 0.3 is 0 Å². The van der Waals surface area contributed by atoms with Gasteiger partial charge in [0.1, 0.15) is 0 Å². The molecule has 1 aromatic carbocycles. The summed E-state index contributed by atoms with van der Waals surface area (Å²) in [7, 11) is 0. The third-order valence-corrected chi connectivity index (χ3v) is 4.28. The number of carbonyl (C=O) groups is 2. The summed E-state index contributed by atoms with van der Waals surface area (Å²) in [5, 5.41) is 0. The van der Waals surface area contributed by atoms with E-state index in [9.17, 15) is 9.59 Å². The molecule has 1 aromatic rings. The van der Waals surface area contributed by atoms with Crippen molar-refractivity contribution >= 4 is 11.7 Å². The van der Waals surface area contributed by atoms with Gasteiger partial charge in [-0.1, -0.05) is 50.1 Å². The zero-order valence-electron chi connectivity index (χ0n) is 12.6. The Morgan fingerprint density at radius 2 is 1.86 bits per heavy atom. The maximum atomic E-state index is 12.8. The predicted octanol–water partition coefficient (Wildman–Crippen LogP) is 2.38. The third-order valence-electron chi connectivity index (χ3n) is 4.28. The van der Waals surface area contributed by atoms with Gasteiger partial charge in [-0.3, -0.25) is 14.5 Å². The molecule has 0 bridgehead atoms. The lowest BCUT2D eigenvalue weighted by atomic mass is 9.98. The van der Waals surface area contributed by atoms with Crippen LogP contribution in [-0.2, 0) is 4.79 Å². The Bertz CT molecular complexity index is 481. The van der Waals surface area contributed by atoms with Crippen LogP contribution in [0.4, 0.5) is 0 Å². The Hall–Kier alpha value is -1.68. The van der Waals surface area contributed by atoms with E-state index in [-0.39, 0.29) is 24.3 Å². The molecule has 21 heavy (non-hydrogen) atoms. The van der Waals surface area contributed by atoms with Crippen molar-refractivity contribution in [3.8, 4) is 0 Å². The maximum Gasteiger partial charge on any atom is 0.231 e. The van der Waals surface area contributed by atoms with E-state index in [4.69, 9.17) is 5.73 Å². The first-order chi connectivity index (χ1) is 10.1. The average molecular weight is 288 g/mol. The molecule has 4 heteroatoms. The van der Waals surface area contributed by atoms with Crippen molar-refractivity contribution in [2.75, 3.05) is 6.54 Å². The monoisotopic (exact) mass is 288 g/mol. The van der Waals surface area contributed by atoms with E-state index in [1.807, 2.05) is 42.2 Å². The van der Waals surface area contributed by atoms with Crippen molar-refractivity contribution in [2.45, 2.75) is 51.1 Å². The molecule has 1 saturated carbocycles. The largest absolute Gasteiger partial charge is 0.369 e. The quantitative estimate of drug-likeness (QED) is 0.783. The van der Waals surface area contributed by atoms with Crippen LogP contribution in [0, 0.1) is 0 Å². The normalized spacial score (nSPS) is 17.0. The molecule has 1 fully saturated rings. The third kappa shape index (κ3) is 3.91. The van der Waals surface area contributed by atoms with Crippen LogP contribution in [0.25, 0.3) is 0 Å². The lowest BCUT2D eigenvalue weighted by Crippen LogP contribution is -2.49. The Balaban J connectivity index is 2.21. The number of primary amides is 1. The highest BCUT2D eigenvalue weighted by Crippen LogP contribution is 2.27. The average Bonchev–Trinajstić information content (AvgIpc) is 3.01. The van der Waals surface area contributed by atoms with E-state index < -0.39 is 0 Å². The zero-order valence-corrected chi connectivity index (χ0v) is 12.6. The Morgan fingerprint density at radius 3 is 2.38 bits per heavy atom. The van der Waals surface area contributed by atoms with E-state index in [0.29, 0.717) is 18.0 Å². The summed E-state index contributed by atoms with van der Waals surface area (Å²) < 4.78 is 0. The van der Waals surface area contributed by atoms with Gasteiger partial charge in [0.2, 0.25) is 5.91 Å². The summed E-state index contributed by atoms with van der Waals surface area (Å²) in [6, 6.07) is 9.35. The van der Waals surface area contributed by atoms with Gasteiger partial charge in [-0.25, -0.2) is 0 Å². The second-order valence-electron chi connectivity index (χ2n) is 5.73. The van der Waals surface area contributed by atoms with Crippen LogP contribution in [0.1, 0.15) is 49.4 Å². The van der Waals surface area contributed by atoms with Crippen LogP contribution in [0.3, 0.4) is 0 Å². The number of hydrogen-bond acceptors (Lipinski definition) is 3. The van der Waals surface area contributed by atoms with E-state index in [1.165, 1.54) is 0 Å². The number of amides is 1. The Morgan fingerprint density at radius 1 is 1.24 bits per heavy atom. The summed E-state index contributed by atoms with van der Waals surface area (Å²) in [6.45, 7) is 2.16. The van der Waals surface area contributed by atoms with Gasteiger partial charge in [-0.15, -0.1) is 0 Å². The number of carbonyl (C=O) groups excluding carboxylic acids is 2. The smallest absolute Gasteiger partial charge is 0.231 e. The molecule has 1 amide bonds. The topological polar surface area (TPSA) is 63.4 Å². The molecular formula is C17H24N2O2. The molecule has 1 unspecified atom stereocenters. The first-order valence-electron chi connectivity index (χ1n) is 7.76. The number of Topliss-reactive ketones (excluding diaryl/α,β-unsaturated/α-hetero) is 1. The molecule has 0 saturated heterocycles. The number of nitrogens with zero attached hydrogens (tertiary/aromatic N) is 1. The van der Waals surface area contributed by atoms with Crippen molar-refractivity contribution in [3.63, 3.8) is 0 Å². The minimum Gasteiger partial charge on any atom is -0.369 e. The summed E-state index contributed by atoms with van der Waals surface area (Å²) in [5.41, 5.74) is 6.11. The molecule has 0 aliphatic heterocycles. The Kier molecular flexibility index (Phi) is 5.51. The van der Waals surface area contributed by atoms with E-state index >= 15 is 0 Å². The highest BCUT2D eigenvalue weighted by Gasteiger charge is 2.33. The first-order valence-corrected chi connectivity index (χ1v) is 7.76. The van der Waals surface area contributed by atoms with Crippen molar-refractivity contribution in [2.24, 2.45) is 5.73 Å². The number of hydrogen-bond donors (Lipinski definition) is 1. The maximum absolute atomic E-state index is 12.8. The van der Waals surface area contributed by atoms with Crippen LogP contribution in [0.15, 0.2) is 30.3 Å². The van der Waals surface area contributed by atoms with Gasteiger partial charge in [0.15, 0.2) is 5.78 Å². The molecule has 1 aliphatic rings. The molecule has 114 valence electrons. The van der Waals surface area contributed by atoms with Crippen molar-refractivity contribution in [3.05, 3.63) is 35.9 Å². The van der Waals surface area contributed by atoms with Gasteiger partial charge in [-0.05, 0) is 19.3 Å². The fourth-order valence-corrected chi connectivity index (χ4v) is 3.27. The van der Waals surface area contributed by atoms with Crippen molar-refractivity contribution in [1.29, 1.82) is 0 Å². The standard InChI is InChI=1S/C17H24N2O2/c1-2-15(17(21)13-8-4-3-5-9-13)19(12-16(18)20)14-10-6-7-11-14/h3-5,8-9,14-15H,2,6-7,10-12H2,1H3,(H2,18,20). The lowest BCUT2D eigenvalue weighted by Gasteiger charge is -2.34. The molecule has 4 nitrogen and oxygen atoms in total. The number of ketones is 1. The van der Waals surface area contributed by atoms with Crippen molar-refractivity contribution in [1.82, 2.24) is 4.90 Å². The summed E-state index contributed by atoms with van der Waals surface area (Å²) in [5.74, 6) is -0.271. The van der Waals surface area contributed by atoms with Gasteiger partial charge in [0.25, 0.3) is 0 Å². The molecule has 1 aliphatic carbocycles. The number of rotatable bonds is 7. The Labute approximate surface area is 126 Å². The molecule has 2 N–H and O–H groups in total. The van der Waals surface area contributed by atoms with Crippen LogP contribution < -0.4 is 5.73 Å². The van der Waals surface area contributed by atoms with E-state index in [2.05, 4.69) is 0 Å². The number of benzene rings is 1. The molecule has 0 aromatic heterocycles. The van der Waals surface area contributed by atoms with Crippen LogP contribution in [0.2, 0.25) is 0 Å². The SMILES string of the molecule is CCC(C(=O)c1ccccc1)N(CC(N)=O)C1CCCC1. The minimum absolute atomic E-state index is 0.0891. The summed E-state index contributed by atoms with van der Waals surface area (Å²) >= 11 is 0. The molecule has 0 radical (unpaired) electrons. The van der Waals surface area contributed by atoms with Gasteiger partial charge in [0, 0.05) is 11.6 Å². The first kappa shape index (κ1) is 15.7. The second-order valence-corrected chi connectivity index (χ2v) is 5.73.